The fourth-order valence-electron chi connectivity index (χ4n) is 3.57. The van der Waals surface area contributed by atoms with Crippen molar-refractivity contribution in [2.24, 2.45) is 0 Å². The number of ether oxygens (including phenoxy) is 1. The van der Waals surface area contributed by atoms with Gasteiger partial charge in [-0.1, -0.05) is 0 Å². The molecule has 27 heavy (non-hydrogen) atoms. The van der Waals surface area contributed by atoms with Crippen LogP contribution in [0.2, 0.25) is 0 Å². The molecule has 2 aromatic carbocycles. The van der Waals surface area contributed by atoms with Crippen LogP contribution in [0.4, 0.5) is 5.82 Å². The summed E-state index contributed by atoms with van der Waals surface area (Å²) in [6.07, 6.45) is 2.22. The third-order valence-electron chi connectivity index (χ3n) is 5.08. The van der Waals surface area contributed by atoms with Crippen molar-refractivity contribution < 1.29 is 14.6 Å². The van der Waals surface area contributed by atoms with Crippen LogP contribution in [0, 0.1) is 0 Å². The summed E-state index contributed by atoms with van der Waals surface area (Å²) in [5.74, 6) is 0.629. The molecular weight excluding hydrogens is 342 g/mol. The predicted octanol–water partition coefficient (Wildman–Crippen LogP) is 3.99. The van der Waals surface area contributed by atoms with Gasteiger partial charge in [-0.2, -0.15) is 0 Å². The normalized spacial score (nSPS) is 16.7. The lowest BCUT2D eigenvalue weighted by atomic mass is 10.1. The Morgan fingerprint density at radius 3 is 2.56 bits per heavy atom. The molecule has 1 aliphatic rings. The van der Waals surface area contributed by atoms with Crippen LogP contribution in [0.3, 0.4) is 0 Å². The summed E-state index contributed by atoms with van der Waals surface area (Å²) >= 11 is 0. The standard InChI is InChI=1S/C21H21N3O3/c1-13-4-3-11-24(13)20-19(14-5-8-16(27-2)9-6-14)22-17-10-7-15(21(25)26)12-18(17)23-20/h5-10,12-13H,3-4,11H2,1-2H3,(H,25,26)/t13-/m0/s1. The second kappa shape index (κ2) is 6.87. The summed E-state index contributed by atoms with van der Waals surface area (Å²) in [5, 5.41) is 9.28. The number of carboxylic acids is 1. The van der Waals surface area contributed by atoms with Gasteiger partial charge in [0.25, 0.3) is 0 Å². The number of anilines is 1. The maximum atomic E-state index is 11.3. The zero-order valence-electron chi connectivity index (χ0n) is 15.3. The molecule has 0 aliphatic carbocycles. The topological polar surface area (TPSA) is 75.5 Å². The summed E-state index contributed by atoms with van der Waals surface area (Å²) in [6.45, 7) is 3.10. The van der Waals surface area contributed by atoms with E-state index in [9.17, 15) is 9.90 Å². The molecule has 1 atom stereocenters. The number of nitrogens with zero attached hydrogens (tertiary/aromatic N) is 3. The zero-order chi connectivity index (χ0) is 19.0. The highest BCUT2D eigenvalue weighted by Gasteiger charge is 2.26. The van der Waals surface area contributed by atoms with Crippen molar-refractivity contribution in [3.63, 3.8) is 0 Å². The molecule has 1 saturated heterocycles. The first-order valence-corrected chi connectivity index (χ1v) is 9.03. The summed E-state index contributed by atoms with van der Waals surface area (Å²) in [7, 11) is 1.64. The molecule has 0 unspecified atom stereocenters. The van der Waals surface area contributed by atoms with Gasteiger partial charge in [0, 0.05) is 18.2 Å². The second-order valence-electron chi connectivity index (χ2n) is 6.82. The molecule has 0 saturated carbocycles. The molecule has 4 rings (SSSR count). The number of methoxy groups -OCH3 is 1. The molecule has 0 bridgehead atoms. The zero-order valence-corrected chi connectivity index (χ0v) is 15.3. The van der Waals surface area contributed by atoms with Crippen molar-refractivity contribution in [2.45, 2.75) is 25.8 Å². The van der Waals surface area contributed by atoms with E-state index in [0.29, 0.717) is 17.1 Å². The van der Waals surface area contributed by atoms with Gasteiger partial charge in [0.05, 0.1) is 23.7 Å². The van der Waals surface area contributed by atoms with Gasteiger partial charge in [0.2, 0.25) is 0 Å². The minimum absolute atomic E-state index is 0.217. The Labute approximate surface area is 157 Å². The Bertz CT molecular complexity index is 1000. The van der Waals surface area contributed by atoms with Crippen molar-refractivity contribution in [1.82, 2.24) is 9.97 Å². The van der Waals surface area contributed by atoms with E-state index < -0.39 is 5.97 Å². The van der Waals surface area contributed by atoms with Crippen LogP contribution < -0.4 is 9.64 Å². The van der Waals surface area contributed by atoms with E-state index in [2.05, 4.69) is 11.8 Å². The highest BCUT2D eigenvalue weighted by molar-refractivity contribution is 5.93. The first-order chi connectivity index (χ1) is 13.1. The molecule has 0 spiro atoms. The molecule has 1 aliphatic heterocycles. The number of hydrogen-bond acceptors (Lipinski definition) is 5. The monoisotopic (exact) mass is 363 g/mol. The quantitative estimate of drug-likeness (QED) is 0.755. The number of rotatable bonds is 4. The number of hydrogen-bond donors (Lipinski definition) is 1. The van der Waals surface area contributed by atoms with Crippen molar-refractivity contribution >= 4 is 22.8 Å². The van der Waals surface area contributed by atoms with Crippen LogP contribution in [0.1, 0.15) is 30.1 Å². The molecule has 6 heteroatoms. The van der Waals surface area contributed by atoms with E-state index in [1.165, 1.54) is 0 Å². The summed E-state index contributed by atoms with van der Waals surface area (Å²) in [5.41, 5.74) is 3.26. The number of aromatic nitrogens is 2. The molecule has 1 aromatic heterocycles. The van der Waals surface area contributed by atoms with Crippen molar-refractivity contribution in [1.29, 1.82) is 0 Å². The lowest BCUT2D eigenvalue weighted by Gasteiger charge is -2.25. The molecular formula is C21H21N3O3. The average Bonchev–Trinajstić information content (AvgIpc) is 3.12. The Balaban J connectivity index is 1.91. The molecule has 1 fully saturated rings. The van der Waals surface area contributed by atoms with Gasteiger partial charge in [0.1, 0.15) is 11.4 Å². The Morgan fingerprint density at radius 2 is 1.93 bits per heavy atom. The Kier molecular flexibility index (Phi) is 4.39. The van der Waals surface area contributed by atoms with Crippen LogP contribution in [-0.4, -0.2) is 40.7 Å². The van der Waals surface area contributed by atoms with Gasteiger partial charge in [0.15, 0.2) is 5.82 Å². The van der Waals surface area contributed by atoms with Crippen molar-refractivity contribution in [3.05, 3.63) is 48.0 Å². The van der Waals surface area contributed by atoms with Gasteiger partial charge in [-0.3, -0.25) is 0 Å². The maximum absolute atomic E-state index is 11.3. The SMILES string of the molecule is COc1ccc(-c2nc3ccc(C(=O)O)cc3nc2N2CCC[C@@H]2C)cc1. The highest BCUT2D eigenvalue weighted by Crippen LogP contribution is 2.34. The van der Waals surface area contributed by atoms with E-state index in [-0.39, 0.29) is 5.56 Å². The van der Waals surface area contributed by atoms with Gasteiger partial charge < -0.3 is 14.7 Å². The Hall–Kier alpha value is -3.15. The number of carboxylic acid groups (broad SMARTS) is 1. The van der Waals surface area contributed by atoms with Gasteiger partial charge in [-0.05, 0) is 62.2 Å². The van der Waals surface area contributed by atoms with Crippen LogP contribution in [0.25, 0.3) is 22.3 Å². The van der Waals surface area contributed by atoms with Crippen molar-refractivity contribution in [2.75, 3.05) is 18.6 Å². The van der Waals surface area contributed by atoms with E-state index >= 15 is 0 Å². The average molecular weight is 363 g/mol. The predicted molar refractivity (Wildman–Crippen MR) is 105 cm³/mol. The molecule has 0 amide bonds. The molecule has 2 heterocycles. The minimum atomic E-state index is -0.964. The second-order valence-corrected chi connectivity index (χ2v) is 6.82. The molecule has 0 radical (unpaired) electrons. The first-order valence-electron chi connectivity index (χ1n) is 9.03. The van der Waals surface area contributed by atoms with Crippen molar-refractivity contribution in [3.8, 4) is 17.0 Å². The highest BCUT2D eigenvalue weighted by atomic mass is 16.5. The summed E-state index contributed by atoms with van der Waals surface area (Å²) in [4.78, 5) is 23.3. The van der Waals surface area contributed by atoms with Gasteiger partial charge >= 0.3 is 5.97 Å². The van der Waals surface area contributed by atoms with Gasteiger partial charge in [-0.15, -0.1) is 0 Å². The lowest BCUT2D eigenvalue weighted by molar-refractivity contribution is 0.0697. The number of fused-ring (bicyclic) bond motifs is 1. The third kappa shape index (κ3) is 3.18. The number of aromatic carboxylic acids is 1. The number of carbonyl (C=O) groups is 1. The van der Waals surface area contributed by atoms with E-state index in [1.54, 1.807) is 25.3 Å². The molecule has 3 aromatic rings. The smallest absolute Gasteiger partial charge is 0.335 e. The summed E-state index contributed by atoms with van der Waals surface area (Å²) in [6, 6.07) is 13.0. The van der Waals surface area contributed by atoms with Crippen LogP contribution in [0.15, 0.2) is 42.5 Å². The maximum Gasteiger partial charge on any atom is 0.335 e. The Morgan fingerprint density at radius 1 is 1.15 bits per heavy atom. The van der Waals surface area contributed by atoms with E-state index in [4.69, 9.17) is 14.7 Å². The number of benzene rings is 2. The fraction of sp³-hybridized carbons (Fsp3) is 0.286. The molecule has 6 nitrogen and oxygen atoms in total. The van der Waals surface area contributed by atoms with Crippen LogP contribution >= 0.6 is 0 Å². The largest absolute Gasteiger partial charge is 0.497 e. The van der Waals surface area contributed by atoms with Gasteiger partial charge in [-0.25, -0.2) is 14.8 Å². The van der Waals surface area contributed by atoms with Crippen LogP contribution in [0.5, 0.6) is 5.75 Å². The fourth-order valence-corrected chi connectivity index (χ4v) is 3.57. The van der Waals surface area contributed by atoms with E-state index in [0.717, 1.165) is 42.2 Å². The molecule has 138 valence electrons. The minimum Gasteiger partial charge on any atom is -0.497 e. The first kappa shape index (κ1) is 17.3. The van der Waals surface area contributed by atoms with Crippen LogP contribution in [-0.2, 0) is 0 Å². The van der Waals surface area contributed by atoms with E-state index in [1.807, 2.05) is 24.3 Å². The third-order valence-corrected chi connectivity index (χ3v) is 5.08. The summed E-state index contributed by atoms with van der Waals surface area (Å²) < 4.78 is 5.26. The lowest BCUT2D eigenvalue weighted by Crippen LogP contribution is -2.28. The molecule has 1 N–H and O–H groups in total.